The Hall–Kier alpha value is -3.12. The molecule has 0 atom stereocenters. The monoisotopic (exact) mass is 455 g/mol. The molecule has 0 aliphatic heterocycles. The molecule has 2 aromatic carbocycles. The number of nitrogens with zero attached hydrogens (tertiary/aromatic N) is 1. The maximum atomic E-state index is 12.8. The maximum Gasteiger partial charge on any atom is 0.194 e. The molecule has 0 bridgehead atoms. The molecule has 0 fully saturated rings. The van der Waals surface area contributed by atoms with Crippen molar-refractivity contribution in [1.29, 1.82) is 0 Å². The highest BCUT2D eigenvalue weighted by molar-refractivity contribution is 6.33. The van der Waals surface area contributed by atoms with E-state index in [-0.39, 0.29) is 35.3 Å². The van der Waals surface area contributed by atoms with E-state index >= 15 is 0 Å². The highest BCUT2D eigenvalue weighted by atomic mass is 35.5. The summed E-state index contributed by atoms with van der Waals surface area (Å²) in [5.41, 5.74) is 1.95. The van der Waals surface area contributed by atoms with Crippen LogP contribution in [-0.2, 0) is 19.4 Å². The van der Waals surface area contributed by atoms with Gasteiger partial charge >= 0.3 is 0 Å². The zero-order chi connectivity index (χ0) is 23.3. The summed E-state index contributed by atoms with van der Waals surface area (Å²) in [6.07, 6.45) is 1.91. The molecule has 0 aliphatic carbocycles. The van der Waals surface area contributed by atoms with Crippen LogP contribution in [0, 0.1) is 5.92 Å². The molecule has 3 aromatic rings. The van der Waals surface area contributed by atoms with Gasteiger partial charge in [-0.2, -0.15) is 0 Å². The summed E-state index contributed by atoms with van der Waals surface area (Å²) in [6.45, 7) is 5.80. The Morgan fingerprint density at radius 1 is 1.12 bits per heavy atom. The van der Waals surface area contributed by atoms with E-state index in [9.17, 15) is 9.59 Å². The quantitative estimate of drug-likeness (QED) is 0.362. The number of carbonyl (C=O) groups excluding carboxylic acids is 2. The highest BCUT2D eigenvalue weighted by Gasteiger charge is 2.21. The number of aromatic nitrogens is 1. The van der Waals surface area contributed by atoms with Gasteiger partial charge in [0.25, 0.3) is 0 Å². The van der Waals surface area contributed by atoms with Gasteiger partial charge in [0.05, 0.1) is 12.1 Å². The van der Waals surface area contributed by atoms with E-state index in [1.807, 2.05) is 38.1 Å². The standard InChI is InChI=1S/C25H26ClNO5/c1-15(2)11-24-27-21(14-32-24)22(29)12-20-19(16(3)28)9-10-23(25(20)26)31-13-17-5-7-18(30-4)8-6-17/h5-10,14-15H,11-13H2,1-4H3. The van der Waals surface area contributed by atoms with E-state index in [4.69, 9.17) is 25.5 Å². The summed E-state index contributed by atoms with van der Waals surface area (Å²) in [5.74, 6) is 1.56. The van der Waals surface area contributed by atoms with Crippen molar-refractivity contribution < 1.29 is 23.5 Å². The third-order valence-corrected chi connectivity index (χ3v) is 5.31. The Bertz CT molecular complexity index is 1100. The summed E-state index contributed by atoms with van der Waals surface area (Å²) in [5, 5.41) is 0.241. The Balaban J connectivity index is 1.81. The Kier molecular flexibility index (Phi) is 7.70. The predicted octanol–water partition coefficient (Wildman–Crippen LogP) is 5.74. The number of rotatable bonds is 10. The largest absolute Gasteiger partial charge is 0.497 e. The third-order valence-electron chi connectivity index (χ3n) is 4.90. The molecule has 0 aliphatic rings. The Morgan fingerprint density at radius 2 is 1.84 bits per heavy atom. The van der Waals surface area contributed by atoms with Crippen molar-refractivity contribution in [3.05, 3.63) is 76.0 Å². The van der Waals surface area contributed by atoms with E-state index in [0.717, 1.165) is 11.3 Å². The second-order valence-corrected chi connectivity index (χ2v) is 8.30. The lowest BCUT2D eigenvalue weighted by molar-refractivity contribution is 0.0987. The van der Waals surface area contributed by atoms with Gasteiger partial charge < -0.3 is 13.9 Å². The molecule has 0 unspecified atom stereocenters. The molecular weight excluding hydrogens is 430 g/mol. The average molecular weight is 456 g/mol. The van der Waals surface area contributed by atoms with Crippen LogP contribution in [0.15, 0.2) is 47.1 Å². The van der Waals surface area contributed by atoms with Crippen molar-refractivity contribution in [2.24, 2.45) is 5.92 Å². The molecule has 3 rings (SSSR count). The van der Waals surface area contributed by atoms with E-state index in [1.54, 1.807) is 19.2 Å². The summed E-state index contributed by atoms with van der Waals surface area (Å²) in [6, 6.07) is 10.7. The molecule has 0 saturated carbocycles. The summed E-state index contributed by atoms with van der Waals surface area (Å²) in [7, 11) is 1.61. The van der Waals surface area contributed by atoms with Gasteiger partial charge in [-0.1, -0.05) is 37.6 Å². The topological polar surface area (TPSA) is 78.6 Å². The predicted molar refractivity (Wildman–Crippen MR) is 122 cm³/mol. The smallest absolute Gasteiger partial charge is 0.194 e. The van der Waals surface area contributed by atoms with Crippen molar-refractivity contribution in [2.45, 2.75) is 40.2 Å². The van der Waals surface area contributed by atoms with Crippen LogP contribution in [0.25, 0.3) is 0 Å². The van der Waals surface area contributed by atoms with Gasteiger partial charge in [0, 0.05) is 18.4 Å². The number of Topliss-reactive ketones (excluding diaryl/α,β-unsaturated/α-hetero) is 2. The molecule has 32 heavy (non-hydrogen) atoms. The lowest BCUT2D eigenvalue weighted by atomic mass is 9.98. The summed E-state index contributed by atoms with van der Waals surface area (Å²) < 4.78 is 16.4. The number of ketones is 2. The minimum absolute atomic E-state index is 0.0822. The number of hydrogen-bond donors (Lipinski definition) is 0. The Labute approximate surface area is 192 Å². The van der Waals surface area contributed by atoms with Crippen LogP contribution >= 0.6 is 11.6 Å². The van der Waals surface area contributed by atoms with Crippen molar-refractivity contribution >= 4 is 23.2 Å². The van der Waals surface area contributed by atoms with Crippen molar-refractivity contribution in [2.75, 3.05) is 7.11 Å². The first-order valence-electron chi connectivity index (χ1n) is 10.3. The van der Waals surface area contributed by atoms with Gasteiger partial charge in [0.1, 0.15) is 30.1 Å². The first-order chi connectivity index (χ1) is 15.3. The lowest BCUT2D eigenvalue weighted by Crippen LogP contribution is -2.10. The zero-order valence-corrected chi connectivity index (χ0v) is 19.4. The molecule has 0 spiro atoms. The van der Waals surface area contributed by atoms with Crippen LogP contribution < -0.4 is 9.47 Å². The van der Waals surface area contributed by atoms with Crippen LogP contribution in [0.1, 0.15) is 58.6 Å². The number of oxazole rings is 1. The molecule has 1 heterocycles. The van der Waals surface area contributed by atoms with Crippen molar-refractivity contribution in [3.63, 3.8) is 0 Å². The number of methoxy groups -OCH3 is 1. The van der Waals surface area contributed by atoms with E-state index in [0.29, 0.717) is 35.1 Å². The maximum absolute atomic E-state index is 12.8. The molecule has 0 radical (unpaired) electrons. The molecule has 0 amide bonds. The van der Waals surface area contributed by atoms with Gasteiger partial charge in [0.2, 0.25) is 0 Å². The minimum Gasteiger partial charge on any atom is -0.497 e. The zero-order valence-electron chi connectivity index (χ0n) is 18.6. The molecular formula is C25H26ClNO5. The number of benzene rings is 2. The fraction of sp³-hybridized carbons (Fsp3) is 0.320. The van der Waals surface area contributed by atoms with Crippen LogP contribution in [0.2, 0.25) is 5.02 Å². The number of hydrogen-bond acceptors (Lipinski definition) is 6. The van der Waals surface area contributed by atoms with Crippen LogP contribution in [0.5, 0.6) is 11.5 Å². The van der Waals surface area contributed by atoms with Gasteiger partial charge in [0.15, 0.2) is 17.5 Å². The summed E-state index contributed by atoms with van der Waals surface area (Å²) >= 11 is 6.58. The highest BCUT2D eigenvalue weighted by Crippen LogP contribution is 2.33. The minimum atomic E-state index is -0.277. The van der Waals surface area contributed by atoms with Gasteiger partial charge in [-0.25, -0.2) is 4.98 Å². The van der Waals surface area contributed by atoms with E-state index in [2.05, 4.69) is 4.98 Å². The summed E-state index contributed by atoms with van der Waals surface area (Å²) in [4.78, 5) is 29.3. The fourth-order valence-corrected chi connectivity index (χ4v) is 3.52. The first kappa shape index (κ1) is 23.5. The van der Waals surface area contributed by atoms with Crippen LogP contribution in [-0.4, -0.2) is 23.7 Å². The van der Waals surface area contributed by atoms with E-state index < -0.39 is 0 Å². The van der Waals surface area contributed by atoms with Gasteiger partial charge in [-0.3, -0.25) is 9.59 Å². The van der Waals surface area contributed by atoms with Crippen molar-refractivity contribution in [1.82, 2.24) is 4.98 Å². The molecule has 6 nitrogen and oxygen atoms in total. The normalized spacial score (nSPS) is 10.9. The molecule has 1 aromatic heterocycles. The fourth-order valence-electron chi connectivity index (χ4n) is 3.23. The van der Waals surface area contributed by atoms with Crippen LogP contribution in [0.3, 0.4) is 0 Å². The third kappa shape index (κ3) is 5.77. The first-order valence-corrected chi connectivity index (χ1v) is 10.7. The van der Waals surface area contributed by atoms with Crippen LogP contribution in [0.4, 0.5) is 0 Å². The molecule has 168 valence electrons. The van der Waals surface area contributed by atoms with Crippen molar-refractivity contribution in [3.8, 4) is 11.5 Å². The second-order valence-electron chi connectivity index (χ2n) is 7.92. The van der Waals surface area contributed by atoms with Gasteiger partial charge in [-0.05, 0) is 48.2 Å². The molecule has 0 N–H and O–H groups in total. The molecule has 0 saturated heterocycles. The lowest BCUT2D eigenvalue weighted by Gasteiger charge is -2.14. The number of carbonyl (C=O) groups is 2. The average Bonchev–Trinajstić information content (AvgIpc) is 3.22. The van der Waals surface area contributed by atoms with E-state index in [1.165, 1.54) is 13.2 Å². The molecule has 7 heteroatoms. The second kappa shape index (κ2) is 10.5. The Morgan fingerprint density at radius 3 is 2.47 bits per heavy atom. The number of ether oxygens (including phenoxy) is 2. The SMILES string of the molecule is COc1ccc(COc2ccc(C(C)=O)c(CC(=O)c3coc(CC(C)C)n3)c2Cl)cc1. The van der Waals surface area contributed by atoms with Gasteiger partial charge in [-0.15, -0.1) is 0 Å². The number of halogens is 1.